The van der Waals surface area contributed by atoms with Crippen LogP contribution in [0.5, 0.6) is 0 Å². The van der Waals surface area contributed by atoms with Gasteiger partial charge in [0.05, 0.1) is 0 Å². The maximum Gasteiger partial charge on any atom is 0.254 e. The SMILES string of the molecule is O=C(N1CCC(Nc2ccc(F)cc2)CC1)C1(O)CCCC1. The molecule has 2 aliphatic rings. The molecular formula is C17H23FN2O2. The second kappa shape index (κ2) is 6.24. The number of nitrogens with one attached hydrogen (secondary N) is 1. The third kappa shape index (κ3) is 3.24. The van der Waals surface area contributed by atoms with Crippen molar-refractivity contribution >= 4 is 11.6 Å². The highest BCUT2D eigenvalue weighted by molar-refractivity contribution is 5.85. The molecule has 1 saturated carbocycles. The molecule has 4 nitrogen and oxygen atoms in total. The Morgan fingerprint density at radius 3 is 2.36 bits per heavy atom. The first-order valence-electron chi connectivity index (χ1n) is 8.11. The molecular weight excluding hydrogens is 283 g/mol. The van der Waals surface area contributed by atoms with Crippen LogP contribution in [0.1, 0.15) is 38.5 Å². The van der Waals surface area contributed by atoms with Gasteiger partial charge in [0.15, 0.2) is 0 Å². The smallest absolute Gasteiger partial charge is 0.254 e. The Hall–Kier alpha value is -1.62. The zero-order chi connectivity index (χ0) is 15.6. The molecule has 2 fully saturated rings. The van der Waals surface area contributed by atoms with Crippen molar-refractivity contribution in [2.45, 2.75) is 50.2 Å². The molecule has 0 spiro atoms. The molecule has 1 aromatic rings. The van der Waals surface area contributed by atoms with Gasteiger partial charge in [0.1, 0.15) is 11.4 Å². The van der Waals surface area contributed by atoms with Crippen LogP contribution in [0, 0.1) is 5.82 Å². The van der Waals surface area contributed by atoms with E-state index in [4.69, 9.17) is 0 Å². The average Bonchev–Trinajstić information content (AvgIpc) is 2.98. The predicted molar refractivity (Wildman–Crippen MR) is 83.0 cm³/mol. The van der Waals surface area contributed by atoms with Gasteiger partial charge in [-0.2, -0.15) is 0 Å². The first kappa shape index (κ1) is 15.3. The molecule has 1 amide bonds. The number of anilines is 1. The van der Waals surface area contributed by atoms with E-state index in [2.05, 4.69) is 5.32 Å². The summed E-state index contributed by atoms with van der Waals surface area (Å²) in [5.41, 5.74) is -0.211. The molecule has 0 aromatic heterocycles. The van der Waals surface area contributed by atoms with Crippen LogP contribution in [0.25, 0.3) is 0 Å². The zero-order valence-corrected chi connectivity index (χ0v) is 12.7. The fourth-order valence-corrected chi connectivity index (χ4v) is 3.48. The monoisotopic (exact) mass is 306 g/mol. The molecule has 1 aromatic carbocycles. The lowest BCUT2D eigenvalue weighted by Crippen LogP contribution is -2.51. The van der Waals surface area contributed by atoms with Crippen LogP contribution in [0.15, 0.2) is 24.3 Å². The summed E-state index contributed by atoms with van der Waals surface area (Å²) in [5.74, 6) is -0.332. The summed E-state index contributed by atoms with van der Waals surface area (Å²) in [7, 11) is 0. The van der Waals surface area contributed by atoms with Crippen LogP contribution in [0.4, 0.5) is 10.1 Å². The lowest BCUT2D eigenvalue weighted by Gasteiger charge is -2.36. The summed E-state index contributed by atoms with van der Waals surface area (Å²) in [6.07, 6.45) is 4.76. The Morgan fingerprint density at radius 2 is 1.77 bits per heavy atom. The van der Waals surface area contributed by atoms with Crippen molar-refractivity contribution in [3.05, 3.63) is 30.1 Å². The van der Waals surface area contributed by atoms with Crippen molar-refractivity contribution < 1.29 is 14.3 Å². The largest absolute Gasteiger partial charge is 0.382 e. The van der Waals surface area contributed by atoms with Crippen molar-refractivity contribution in [2.24, 2.45) is 0 Å². The highest BCUT2D eigenvalue weighted by atomic mass is 19.1. The number of likely N-dealkylation sites (tertiary alicyclic amines) is 1. The number of benzene rings is 1. The average molecular weight is 306 g/mol. The van der Waals surface area contributed by atoms with Crippen LogP contribution >= 0.6 is 0 Å². The third-order valence-electron chi connectivity index (χ3n) is 4.83. The first-order valence-corrected chi connectivity index (χ1v) is 8.11. The second-order valence-corrected chi connectivity index (χ2v) is 6.46. The van der Waals surface area contributed by atoms with Crippen LogP contribution in [0.3, 0.4) is 0 Å². The van der Waals surface area contributed by atoms with Crippen molar-refractivity contribution in [3.63, 3.8) is 0 Å². The fraction of sp³-hybridized carbons (Fsp3) is 0.588. The highest BCUT2D eigenvalue weighted by Crippen LogP contribution is 2.32. The Labute approximate surface area is 130 Å². The number of nitrogens with zero attached hydrogens (tertiary/aromatic N) is 1. The minimum atomic E-state index is -1.11. The summed E-state index contributed by atoms with van der Waals surface area (Å²) in [6, 6.07) is 6.63. The summed E-state index contributed by atoms with van der Waals surface area (Å²) < 4.78 is 12.9. The van der Waals surface area contributed by atoms with Gasteiger partial charge in [-0.3, -0.25) is 4.79 Å². The number of piperidine rings is 1. The highest BCUT2D eigenvalue weighted by Gasteiger charge is 2.42. The molecule has 2 N–H and O–H groups in total. The number of halogens is 1. The molecule has 0 bridgehead atoms. The number of hydrogen-bond acceptors (Lipinski definition) is 3. The molecule has 0 atom stereocenters. The van der Waals surface area contributed by atoms with Crippen molar-refractivity contribution in [2.75, 3.05) is 18.4 Å². The molecule has 5 heteroatoms. The van der Waals surface area contributed by atoms with E-state index in [0.29, 0.717) is 25.9 Å². The number of hydrogen-bond donors (Lipinski definition) is 2. The number of carbonyl (C=O) groups excluding carboxylic acids is 1. The van der Waals surface area contributed by atoms with Crippen LogP contribution < -0.4 is 5.32 Å². The number of carbonyl (C=O) groups is 1. The summed E-state index contributed by atoms with van der Waals surface area (Å²) in [5, 5.41) is 13.8. The van der Waals surface area contributed by atoms with Crippen molar-refractivity contribution in [3.8, 4) is 0 Å². The van der Waals surface area contributed by atoms with Gasteiger partial charge in [0, 0.05) is 24.8 Å². The van der Waals surface area contributed by atoms with E-state index in [9.17, 15) is 14.3 Å². The molecule has 3 rings (SSSR count). The number of rotatable bonds is 3. The Kier molecular flexibility index (Phi) is 4.34. The minimum absolute atomic E-state index is 0.0924. The van der Waals surface area contributed by atoms with E-state index in [0.717, 1.165) is 31.4 Å². The standard InChI is InChI=1S/C17H23FN2O2/c18-13-3-5-14(6-4-13)19-15-7-11-20(12-8-15)16(21)17(22)9-1-2-10-17/h3-6,15,19,22H,1-2,7-12H2. The quantitative estimate of drug-likeness (QED) is 0.902. The van der Waals surface area contributed by atoms with E-state index in [1.165, 1.54) is 12.1 Å². The first-order chi connectivity index (χ1) is 10.6. The Bertz CT molecular complexity index is 518. The van der Waals surface area contributed by atoms with Gasteiger partial charge in [-0.1, -0.05) is 0 Å². The maximum atomic E-state index is 12.9. The van der Waals surface area contributed by atoms with Crippen LogP contribution in [-0.4, -0.2) is 40.6 Å². The Balaban J connectivity index is 1.52. The summed E-state index contributed by atoms with van der Waals surface area (Å²) in [4.78, 5) is 14.2. The molecule has 0 radical (unpaired) electrons. The predicted octanol–water partition coefficient (Wildman–Crippen LogP) is 2.53. The van der Waals surface area contributed by atoms with E-state index >= 15 is 0 Å². The lowest BCUT2D eigenvalue weighted by atomic mass is 9.97. The minimum Gasteiger partial charge on any atom is -0.382 e. The molecule has 1 aliphatic heterocycles. The maximum absolute atomic E-state index is 12.9. The third-order valence-corrected chi connectivity index (χ3v) is 4.83. The van der Waals surface area contributed by atoms with Gasteiger partial charge < -0.3 is 15.3 Å². The van der Waals surface area contributed by atoms with Crippen LogP contribution in [0.2, 0.25) is 0 Å². The van der Waals surface area contributed by atoms with E-state index in [-0.39, 0.29) is 17.8 Å². The van der Waals surface area contributed by atoms with Crippen LogP contribution in [-0.2, 0) is 4.79 Å². The number of amides is 1. The van der Waals surface area contributed by atoms with Gasteiger partial charge >= 0.3 is 0 Å². The molecule has 1 saturated heterocycles. The van der Waals surface area contributed by atoms with Gasteiger partial charge in [0.25, 0.3) is 5.91 Å². The molecule has 1 aliphatic carbocycles. The van der Waals surface area contributed by atoms with E-state index in [1.54, 1.807) is 17.0 Å². The Morgan fingerprint density at radius 1 is 1.18 bits per heavy atom. The molecule has 120 valence electrons. The van der Waals surface area contributed by atoms with Gasteiger partial charge in [-0.05, 0) is 62.8 Å². The van der Waals surface area contributed by atoms with Crippen molar-refractivity contribution in [1.82, 2.24) is 4.90 Å². The zero-order valence-electron chi connectivity index (χ0n) is 12.7. The molecule has 0 unspecified atom stereocenters. The van der Waals surface area contributed by atoms with Crippen molar-refractivity contribution in [1.29, 1.82) is 0 Å². The normalized spacial score (nSPS) is 21.8. The van der Waals surface area contributed by atoms with Gasteiger partial charge in [-0.25, -0.2) is 4.39 Å². The summed E-state index contributed by atoms with van der Waals surface area (Å²) >= 11 is 0. The summed E-state index contributed by atoms with van der Waals surface area (Å²) in [6.45, 7) is 1.33. The number of aliphatic hydroxyl groups is 1. The molecule has 1 heterocycles. The fourth-order valence-electron chi connectivity index (χ4n) is 3.48. The molecule has 22 heavy (non-hydrogen) atoms. The van der Waals surface area contributed by atoms with Gasteiger partial charge in [-0.15, -0.1) is 0 Å². The topological polar surface area (TPSA) is 52.6 Å². The van der Waals surface area contributed by atoms with E-state index < -0.39 is 5.60 Å². The second-order valence-electron chi connectivity index (χ2n) is 6.46. The lowest BCUT2D eigenvalue weighted by molar-refractivity contribution is -0.151. The van der Waals surface area contributed by atoms with Gasteiger partial charge in [0.2, 0.25) is 0 Å². The van der Waals surface area contributed by atoms with E-state index in [1.807, 2.05) is 0 Å².